The first-order valence-electron chi connectivity index (χ1n) is 13.1. The standard InChI is InChI=1S/C31H30F4N2O4/c1-3-30(29(38)39,36-19-22-4-12-25(32)13-5-22)18-21-6-14-26(15-7-21)40-17-16-27-20(2)41-28(37-27)23-8-10-24(11-9-23)31(33,34)35/h4-15,36H,3,16-19H2,1-2H3,(H,38,39)/t30-/m0/s1. The number of hydrogen-bond acceptors (Lipinski definition) is 5. The molecule has 0 radical (unpaired) electrons. The summed E-state index contributed by atoms with van der Waals surface area (Å²) in [6, 6.07) is 17.7. The van der Waals surface area contributed by atoms with E-state index < -0.39 is 23.2 Å². The van der Waals surface area contributed by atoms with Crippen LogP contribution in [0.2, 0.25) is 0 Å². The molecule has 216 valence electrons. The van der Waals surface area contributed by atoms with Gasteiger partial charge in [0.1, 0.15) is 22.9 Å². The van der Waals surface area contributed by atoms with Crippen molar-refractivity contribution < 1.29 is 36.6 Å². The van der Waals surface area contributed by atoms with Crippen molar-refractivity contribution in [3.05, 3.63) is 107 Å². The van der Waals surface area contributed by atoms with Crippen molar-refractivity contribution in [2.24, 2.45) is 0 Å². The summed E-state index contributed by atoms with van der Waals surface area (Å²) in [5.74, 6) is 0.0590. The van der Waals surface area contributed by atoms with E-state index in [2.05, 4.69) is 10.3 Å². The van der Waals surface area contributed by atoms with Crippen LogP contribution < -0.4 is 10.1 Å². The first-order chi connectivity index (χ1) is 19.5. The predicted octanol–water partition coefficient (Wildman–Crippen LogP) is 7.00. The minimum atomic E-state index is -4.41. The summed E-state index contributed by atoms with van der Waals surface area (Å²) in [7, 11) is 0. The van der Waals surface area contributed by atoms with Crippen LogP contribution in [0.25, 0.3) is 11.5 Å². The molecule has 4 rings (SSSR count). The Bertz CT molecular complexity index is 1450. The van der Waals surface area contributed by atoms with Crippen LogP contribution in [0.4, 0.5) is 17.6 Å². The smallest absolute Gasteiger partial charge is 0.416 e. The number of benzene rings is 3. The number of halogens is 4. The van der Waals surface area contributed by atoms with Gasteiger partial charge in [0.05, 0.1) is 17.9 Å². The maximum atomic E-state index is 13.2. The van der Waals surface area contributed by atoms with Crippen LogP contribution in [0.15, 0.2) is 77.2 Å². The average Bonchev–Trinajstić information content (AvgIpc) is 3.32. The van der Waals surface area contributed by atoms with Crippen molar-refractivity contribution in [1.29, 1.82) is 0 Å². The third kappa shape index (κ3) is 7.52. The van der Waals surface area contributed by atoms with Crippen LogP contribution in [0.1, 0.15) is 41.5 Å². The molecule has 0 saturated carbocycles. The lowest BCUT2D eigenvalue weighted by Gasteiger charge is -2.30. The largest absolute Gasteiger partial charge is 0.493 e. The molecular weight excluding hydrogens is 540 g/mol. The Morgan fingerprint density at radius 2 is 1.61 bits per heavy atom. The van der Waals surface area contributed by atoms with E-state index in [1.165, 1.54) is 24.3 Å². The van der Waals surface area contributed by atoms with Gasteiger partial charge in [-0.1, -0.05) is 31.2 Å². The summed E-state index contributed by atoms with van der Waals surface area (Å²) < 4.78 is 63.2. The zero-order valence-corrected chi connectivity index (χ0v) is 22.6. The zero-order valence-electron chi connectivity index (χ0n) is 22.6. The maximum absolute atomic E-state index is 13.2. The van der Waals surface area contributed by atoms with Gasteiger partial charge in [0, 0.05) is 24.9 Å². The van der Waals surface area contributed by atoms with Crippen LogP contribution in [0.3, 0.4) is 0 Å². The van der Waals surface area contributed by atoms with Crippen LogP contribution in [-0.2, 0) is 30.4 Å². The lowest BCUT2D eigenvalue weighted by Crippen LogP contribution is -2.53. The average molecular weight is 571 g/mol. The van der Waals surface area contributed by atoms with Crippen molar-refractivity contribution in [3.63, 3.8) is 0 Å². The van der Waals surface area contributed by atoms with E-state index in [4.69, 9.17) is 9.15 Å². The van der Waals surface area contributed by atoms with Gasteiger partial charge in [0.25, 0.3) is 0 Å². The number of aliphatic carboxylic acids is 1. The molecule has 41 heavy (non-hydrogen) atoms. The fourth-order valence-corrected chi connectivity index (χ4v) is 4.39. The van der Waals surface area contributed by atoms with Gasteiger partial charge >= 0.3 is 12.1 Å². The van der Waals surface area contributed by atoms with Gasteiger partial charge in [-0.15, -0.1) is 0 Å². The quantitative estimate of drug-likeness (QED) is 0.179. The molecule has 4 aromatic rings. The zero-order chi connectivity index (χ0) is 29.6. The number of ether oxygens (including phenoxy) is 1. The van der Waals surface area contributed by atoms with E-state index in [1.807, 2.05) is 12.1 Å². The molecule has 1 atom stereocenters. The van der Waals surface area contributed by atoms with Crippen molar-refractivity contribution in [3.8, 4) is 17.2 Å². The number of hydrogen-bond donors (Lipinski definition) is 2. The molecule has 0 bridgehead atoms. The van der Waals surface area contributed by atoms with Crippen molar-refractivity contribution in [1.82, 2.24) is 10.3 Å². The van der Waals surface area contributed by atoms with Gasteiger partial charge in [-0.25, -0.2) is 9.37 Å². The lowest BCUT2D eigenvalue weighted by atomic mass is 9.87. The van der Waals surface area contributed by atoms with Gasteiger partial charge < -0.3 is 14.3 Å². The summed E-state index contributed by atoms with van der Waals surface area (Å²) in [6.07, 6.45) is -3.41. The first-order valence-corrected chi connectivity index (χ1v) is 13.1. The summed E-state index contributed by atoms with van der Waals surface area (Å²) in [6.45, 7) is 4.10. The normalized spacial score (nSPS) is 13.1. The molecular formula is C31H30F4N2O4. The predicted molar refractivity (Wildman–Crippen MR) is 145 cm³/mol. The van der Waals surface area contributed by atoms with Crippen LogP contribution >= 0.6 is 0 Å². The summed E-state index contributed by atoms with van der Waals surface area (Å²) in [4.78, 5) is 16.7. The first kappa shape index (κ1) is 29.8. The van der Waals surface area contributed by atoms with E-state index in [9.17, 15) is 27.5 Å². The molecule has 0 aliphatic heterocycles. The van der Waals surface area contributed by atoms with Gasteiger partial charge in [-0.05, 0) is 73.0 Å². The molecule has 0 fully saturated rings. The Balaban J connectivity index is 1.33. The number of alkyl halides is 3. The Kier molecular flexibility index (Phi) is 9.12. The van der Waals surface area contributed by atoms with Crippen LogP contribution in [0.5, 0.6) is 5.75 Å². The van der Waals surface area contributed by atoms with Gasteiger partial charge in [-0.2, -0.15) is 13.2 Å². The summed E-state index contributed by atoms with van der Waals surface area (Å²) in [5.41, 5.74) is 0.725. The van der Waals surface area contributed by atoms with Crippen molar-refractivity contribution in [2.45, 2.75) is 51.4 Å². The van der Waals surface area contributed by atoms with Crippen molar-refractivity contribution in [2.75, 3.05) is 6.61 Å². The number of aryl methyl sites for hydroxylation is 1. The van der Waals surface area contributed by atoms with E-state index in [1.54, 1.807) is 38.1 Å². The number of carboxylic acid groups (broad SMARTS) is 1. The molecule has 0 unspecified atom stereocenters. The van der Waals surface area contributed by atoms with Crippen molar-refractivity contribution >= 4 is 5.97 Å². The van der Waals surface area contributed by atoms with Gasteiger partial charge in [0.2, 0.25) is 5.89 Å². The molecule has 3 aromatic carbocycles. The van der Waals surface area contributed by atoms with Gasteiger partial charge in [-0.3, -0.25) is 10.1 Å². The monoisotopic (exact) mass is 570 g/mol. The Labute approximate surface area is 235 Å². The molecule has 0 aliphatic rings. The van der Waals surface area contributed by atoms with E-state index in [0.717, 1.165) is 23.3 Å². The number of nitrogens with one attached hydrogen (secondary N) is 1. The highest BCUT2D eigenvalue weighted by Gasteiger charge is 2.36. The molecule has 1 aromatic heterocycles. The second-order valence-corrected chi connectivity index (χ2v) is 9.74. The Hall–Kier alpha value is -4.18. The molecule has 10 heteroatoms. The third-order valence-electron chi connectivity index (χ3n) is 6.95. The summed E-state index contributed by atoms with van der Waals surface area (Å²) in [5, 5.41) is 13.2. The molecule has 0 aliphatic carbocycles. The Morgan fingerprint density at radius 3 is 2.20 bits per heavy atom. The third-order valence-corrected chi connectivity index (χ3v) is 6.95. The number of aromatic nitrogens is 1. The number of rotatable bonds is 12. The number of oxazole rings is 1. The fraction of sp³-hybridized carbons (Fsp3) is 0.290. The topological polar surface area (TPSA) is 84.6 Å². The molecule has 0 saturated heterocycles. The number of carboxylic acids is 1. The molecule has 1 heterocycles. The summed E-state index contributed by atoms with van der Waals surface area (Å²) >= 11 is 0. The second-order valence-electron chi connectivity index (χ2n) is 9.74. The van der Waals surface area contributed by atoms with E-state index >= 15 is 0 Å². The van der Waals surface area contributed by atoms with Crippen LogP contribution in [0, 0.1) is 12.7 Å². The van der Waals surface area contributed by atoms with E-state index in [-0.39, 0.29) is 31.3 Å². The molecule has 0 spiro atoms. The minimum Gasteiger partial charge on any atom is -0.493 e. The minimum absolute atomic E-state index is 0.237. The van der Waals surface area contributed by atoms with E-state index in [0.29, 0.717) is 35.6 Å². The van der Waals surface area contributed by atoms with Crippen LogP contribution in [-0.4, -0.2) is 28.2 Å². The molecule has 2 N–H and O–H groups in total. The SMILES string of the molecule is CC[C@@](Cc1ccc(OCCc2nc(-c3ccc(C(F)(F)F)cc3)oc2C)cc1)(NCc1ccc(F)cc1)C(=O)O. The highest BCUT2D eigenvalue weighted by Crippen LogP contribution is 2.31. The number of nitrogens with zero attached hydrogens (tertiary/aromatic N) is 1. The second kappa shape index (κ2) is 12.6. The lowest BCUT2D eigenvalue weighted by molar-refractivity contribution is -0.145. The Morgan fingerprint density at radius 1 is 0.976 bits per heavy atom. The highest BCUT2D eigenvalue weighted by molar-refractivity contribution is 5.79. The fourth-order valence-electron chi connectivity index (χ4n) is 4.39. The number of carbonyl (C=O) groups is 1. The maximum Gasteiger partial charge on any atom is 0.416 e. The molecule has 6 nitrogen and oxygen atoms in total. The highest BCUT2D eigenvalue weighted by atomic mass is 19.4. The molecule has 0 amide bonds. The van der Waals surface area contributed by atoms with Gasteiger partial charge in [0.15, 0.2) is 0 Å².